The Kier molecular flexibility index (Phi) is 3.93. The fourth-order valence-electron chi connectivity index (χ4n) is 2.58. The molecule has 0 aliphatic carbocycles. The molecule has 1 nitrogen and oxygen atoms in total. The average molecular weight is 235 g/mol. The molecule has 0 saturated carbocycles. The molecule has 0 amide bonds. The molecule has 0 bridgehead atoms. The van der Waals surface area contributed by atoms with Gasteiger partial charge in [0.05, 0.1) is 0 Å². The molecule has 0 radical (unpaired) electrons. The predicted molar refractivity (Wildman–Crippen MR) is 72.2 cm³/mol. The first-order valence-corrected chi connectivity index (χ1v) is 7.38. The molecule has 1 unspecified atom stereocenters. The van der Waals surface area contributed by atoms with E-state index in [9.17, 15) is 0 Å². The summed E-state index contributed by atoms with van der Waals surface area (Å²) in [5.74, 6) is 0. The van der Waals surface area contributed by atoms with Crippen LogP contribution in [0.3, 0.4) is 0 Å². The highest BCUT2D eigenvalue weighted by atomic mass is 32.2. The van der Waals surface area contributed by atoms with Gasteiger partial charge < -0.3 is 5.32 Å². The van der Waals surface area contributed by atoms with Crippen molar-refractivity contribution in [3.63, 3.8) is 0 Å². The van der Waals surface area contributed by atoms with Crippen LogP contribution in [0.15, 0.2) is 29.2 Å². The number of nitrogens with one attached hydrogen (secondary N) is 1. The van der Waals surface area contributed by atoms with Gasteiger partial charge in [-0.15, -0.1) is 11.8 Å². The molecule has 1 atom stereocenters. The van der Waals surface area contributed by atoms with Gasteiger partial charge in [-0.25, -0.2) is 0 Å². The fourth-order valence-corrected chi connectivity index (χ4v) is 2.99. The lowest BCUT2D eigenvalue weighted by molar-refractivity contribution is 0.360. The van der Waals surface area contributed by atoms with Crippen LogP contribution in [0.5, 0.6) is 0 Å². The smallest absolute Gasteiger partial charge is 0.0219 e. The Balaban J connectivity index is 2.07. The predicted octanol–water partition coefficient (Wildman–Crippen LogP) is 3.48. The summed E-state index contributed by atoms with van der Waals surface area (Å²) in [5, 5.41) is 3.69. The van der Waals surface area contributed by atoms with E-state index in [0.717, 1.165) is 0 Å². The van der Waals surface area contributed by atoms with Crippen LogP contribution in [0, 0.1) is 0 Å². The molecule has 1 saturated heterocycles. The normalized spacial score (nSPS) is 24.9. The van der Waals surface area contributed by atoms with Crippen molar-refractivity contribution < 1.29 is 0 Å². The Morgan fingerprint density at radius 1 is 1.31 bits per heavy atom. The minimum absolute atomic E-state index is 0.376. The van der Waals surface area contributed by atoms with Crippen LogP contribution >= 0.6 is 11.8 Å². The maximum Gasteiger partial charge on any atom is 0.0219 e. The minimum Gasteiger partial charge on any atom is -0.311 e. The van der Waals surface area contributed by atoms with E-state index in [0.29, 0.717) is 5.54 Å². The summed E-state index contributed by atoms with van der Waals surface area (Å²) in [4.78, 5) is 1.36. The zero-order valence-corrected chi connectivity index (χ0v) is 11.1. The van der Waals surface area contributed by atoms with Crippen LogP contribution in [0.4, 0.5) is 0 Å². The van der Waals surface area contributed by atoms with E-state index in [1.807, 2.05) is 11.8 Å². The molecule has 1 aromatic rings. The molecule has 0 spiro atoms. The van der Waals surface area contributed by atoms with Gasteiger partial charge in [-0.2, -0.15) is 0 Å². The second kappa shape index (κ2) is 5.24. The van der Waals surface area contributed by atoms with E-state index in [-0.39, 0.29) is 0 Å². The van der Waals surface area contributed by atoms with Gasteiger partial charge in [0.15, 0.2) is 0 Å². The van der Waals surface area contributed by atoms with E-state index < -0.39 is 0 Å². The number of hydrogen-bond acceptors (Lipinski definition) is 2. The van der Waals surface area contributed by atoms with Crippen molar-refractivity contribution in [3.05, 3.63) is 29.8 Å². The Morgan fingerprint density at radius 2 is 2.06 bits per heavy atom. The third kappa shape index (κ3) is 2.61. The number of rotatable bonds is 4. The van der Waals surface area contributed by atoms with Crippen molar-refractivity contribution in [3.8, 4) is 0 Å². The first-order valence-electron chi connectivity index (χ1n) is 6.16. The van der Waals surface area contributed by atoms with Crippen LogP contribution in [0.1, 0.15) is 31.7 Å². The molecule has 2 heteroatoms. The lowest BCUT2D eigenvalue weighted by atomic mass is 9.87. The van der Waals surface area contributed by atoms with Gasteiger partial charge in [0.25, 0.3) is 0 Å². The molecule has 2 rings (SSSR count). The van der Waals surface area contributed by atoms with E-state index in [1.165, 1.54) is 42.7 Å². The summed E-state index contributed by atoms with van der Waals surface area (Å²) in [6.07, 6.45) is 7.20. The maximum atomic E-state index is 3.69. The van der Waals surface area contributed by atoms with Gasteiger partial charge in [-0.05, 0) is 56.2 Å². The van der Waals surface area contributed by atoms with Crippen LogP contribution < -0.4 is 5.32 Å². The molecule has 1 aliphatic rings. The summed E-state index contributed by atoms with van der Waals surface area (Å²) in [7, 11) is 0. The molecule has 16 heavy (non-hydrogen) atoms. The van der Waals surface area contributed by atoms with Crippen molar-refractivity contribution >= 4 is 11.8 Å². The van der Waals surface area contributed by atoms with Crippen LogP contribution in [0.25, 0.3) is 0 Å². The molecular formula is C14H21NS. The zero-order chi connectivity index (χ0) is 11.4. The average Bonchev–Trinajstić information content (AvgIpc) is 2.79. The van der Waals surface area contributed by atoms with Gasteiger partial charge in [0.1, 0.15) is 0 Å². The van der Waals surface area contributed by atoms with Crippen LogP contribution in [-0.4, -0.2) is 18.3 Å². The van der Waals surface area contributed by atoms with E-state index in [1.54, 1.807) is 0 Å². The molecular weight excluding hydrogens is 214 g/mol. The largest absolute Gasteiger partial charge is 0.311 e. The monoisotopic (exact) mass is 235 g/mol. The molecule has 1 aromatic carbocycles. The fraction of sp³-hybridized carbons (Fsp3) is 0.571. The Hall–Kier alpha value is -0.470. The summed E-state index contributed by atoms with van der Waals surface area (Å²) in [6.45, 7) is 3.49. The number of thioether (sulfide) groups is 1. The molecule has 88 valence electrons. The van der Waals surface area contributed by atoms with Gasteiger partial charge >= 0.3 is 0 Å². The molecule has 1 fully saturated rings. The zero-order valence-electron chi connectivity index (χ0n) is 10.3. The third-order valence-corrected chi connectivity index (χ3v) is 4.45. The van der Waals surface area contributed by atoms with Crippen molar-refractivity contribution in [2.24, 2.45) is 0 Å². The maximum absolute atomic E-state index is 3.69. The third-order valence-electron chi connectivity index (χ3n) is 3.71. The van der Waals surface area contributed by atoms with Gasteiger partial charge in [0.2, 0.25) is 0 Å². The second-order valence-electron chi connectivity index (χ2n) is 4.69. The highest BCUT2D eigenvalue weighted by Gasteiger charge is 2.31. The summed E-state index contributed by atoms with van der Waals surface area (Å²) in [5.41, 5.74) is 1.84. The highest BCUT2D eigenvalue weighted by molar-refractivity contribution is 7.98. The van der Waals surface area contributed by atoms with E-state index in [4.69, 9.17) is 0 Å². The Bertz CT molecular complexity index is 325. The summed E-state index contributed by atoms with van der Waals surface area (Å²) < 4.78 is 0. The number of hydrogen-bond donors (Lipinski definition) is 1. The lowest BCUT2D eigenvalue weighted by Gasteiger charge is -2.28. The van der Waals surface area contributed by atoms with Crippen LogP contribution in [-0.2, 0) is 6.42 Å². The summed E-state index contributed by atoms with van der Waals surface area (Å²) >= 11 is 1.81. The number of benzene rings is 1. The van der Waals surface area contributed by atoms with Gasteiger partial charge in [0, 0.05) is 10.4 Å². The van der Waals surface area contributed by atoms with Gasteiger partial charge in [-0.1, -0.05) is 19.1 Å². The van der Waals surface area contributed by atoms with Crippen LogP contribution in [0.2, 0.25) is 0 Å². The van der Waals surface area contributed by atoms with E-state index >= 15 is 0 Å². The second-order valence-corrected chi connectivity index (χ2v) is 5.57. The van der Waals surface area contributed by atoms with Crippen molar-refractivity contribution in [1.29, 1.82) is 0 Å². The Morgan fingerprint density at radius 3 is 2.56 bits per heavy atom. The Labute approximate surface area is 103 Å². The molecule has 1 heterocycles. The first-order chi connectivity index (χ1) is 7.78. The van der Waals surface area contributed by atoms with Crippen molar-refractivity contribution in [2.45, 2.75) is 43.0 Å². The summed E-state index contributed by atoms with van der Waals surface area (Å²) in [6, 6.07) is 9.03. The quantitative estimate of drug-likeness (QED) is 0.802. The van der Waals surface area contributed by atoms with Gasteiger partial charge in [-0.3, -0.25) is 0 Å². The molecule has 1 aliphatic heterocycles. The molecule has 1 N–H and O–H groups in total. The lowest BCUT2D eigenvalue weighted by Crippen LogP contribution is -2.41. The van der Waals surface area contributed by atoms with Crippen molar-refractivity contribution in [2.75, 3.05) is 12.8 Å². The first kappa shape index (κ1) is 12.0. The van der Waals surface area contributed by atoms with E-state index in [2.05, 4.69) is 42.8 Å². The SMILES string of the molecule is CCC1(Cc2ccc(SC)cc2)CCCN1. The highest BCUT2D eigenvalue weighted by Crippen LogP contribution is 2.27. The van der Waals surface area contributed by atoms with Crippen molar-refractivity contribution in [1.82, 2.24) is 5.32 Å². The topological polar surface area (TPSA) is 12.0 Å². The minimum atomic E-state index is 0.376. The molecule has 0 aromatic heterocycles. The standard InChI is InChI=1S/C14H21NS/c1-3-14(9-4-10-15-14)11-12-5-7-13(16-2)8-6-12/h5-8,15H,3-4,9-11H2,1-2H3.